The van der Waals surface area contributed by atoms with Crippen LogP contribution in [0.15, 0.2) is 57.5 Å². The van der Waals surface area contributed by atoms with Gasteiger partial charge in [0.2, 0.25) is 5.78 Å². The molecule has 1 aliphatic heterocycles. The van der Waals surface area contributed by atoms with Gasteiger partial charge in [0.15, 0.2) is 11.5 Å². The SMILES string of the molecule is COCCCN1C(=O)C(O)=C(C(=O)c2cc3cc(Cl)ccc3o2)C1c1cccs1. The number of methoxy groups -OCH3 is 1. The lowest BCUT2D eigenvalue weighted by Crippen LogP contribution is -2.32. The number of aliphatic hydroxyl groups excluding tert-OH is 1. The lowest BCUT2D eigenvalue weighted by molar-refractivity contribution is -0.129. The zero-order chi connectivity index (χ0) is 20.5. The number of amides is 1. The molecule has 0 spiro atoms. The fraction of sp³-hybridized carbons (Fsp3) is 0.238. The van der Waals surface area contributed by atoms with Gasteiger partial charge in [0, 0.05) is 35.5 Å². The number of fused-ring (bicyclic) bond motifs is 1. The zero-order valence-electron chi connectivity index (χ0n) is 15.6. The number of Topliss-reactive ketones (excluding diaryl/α,β-unsaturated/α-hetero) is 1. The second kappa shape index (κ2) is 8.02. The van der Waals surface area contributed by atoms with Crippen molar-refractivity contribution in [2.75, 3.05) is 20.3 Å². The summed E-state index contributed by atoms with van der Waals surface area (Å²) in [5, 5.41) is 13.7. The number of rotatable bonds is 7. The first-order chi connectivity index (χ1) is 14.0. The van der Waals surface area contributed by atoms with Crippen LogP contribution in [0.4, 0.5) is 0 Å². The van der Waals surface area contributed by atoms with E-state index in [2.05, 4.69) is 0 Å². The summed E-state index contributed by atoms with van der Waals surface area (Å²) in [7, 11) is 1.58. The summed E-state index contributed by atoms with van der Waals surface area (Å²) in [6.45, 7) is 0.821. The number of benzene rings is 1. The molecular weight excluding hydrogens is 414 g/mol. The Kier molecular flexibility index (Phi) is 5.45. The van der Waals surface area contributed by atoms with E-state index in [0.717, 1.165) is 4.88 Å². The molecule has 1 aliphatic rings. The Hall–Kier alpha value is -2.61. The van der Waals surface area contributed by atoms with Crippen LogP contribution in [0, 0.1) is 0 Å². The molecule has 0 aliphatic carbocycles. The molecule has 1 amide bonds. The molecule has 1 N–H and O–H groups in total. The van der Waals surface area contributed by atoms with Crippen LogP contribution < -0.4 is 0 Å². The van der Waals surface area contributed by atoms with E-state index in [4.69, 9.17) is 20.8 Å². The van der Waals surface area contributed by atoms with Crippen molar-refractivity contribution in [3.63, 3.8) is 0 Å². The van der Waals surface area contributed by atoms with Crippen molar-refractivity contribution in [2.45, 2.75) is 12.5 Å². The Morgan fingerprint density at radius 1 is 1.34 bits per heavy atom. The van der Waals surface area contributed by atoms with Crippen molar-refractivity contribution < 1.29 is 23.8 Å². The third kappa shape index (κ3) is 3.57. The first-order valence-electron chi connectivity index (χ1n) is 9.01. The molecule has 3 aromatic rings. The normalized spacial score (nSPS) is 17.0. The summed E-state index contributed by atoms with van der Waals surface area (Å²) in [4.78, 5) is 28.3. The largest absolute Gasteiger partial charge is 0.503 e. The minimum atomic E-state index is -0.663. The molecule has 0 saturated carbocycles. The van der Waals surface area contributed by atoms with Gasteiger partial charge in [-0.1, -0.05) is 17.7 Å². The number of thiophene rings is 1. The molecule has 4 rings (SSSR count). The Labute approximate surface area is 175 Å². The third-order valence-corrected chi connectivity index (χ3v) is 5.97. The fourth-order valence-electron chi connectivity index (χ4n) is 3.50. The molecule has 150 valence electrons. The molecule has 6 nitrogen and oxygen atoms in total. The number of hydrogen-bond acceptors (Lipinski definition) is 6. The summed E-state index contributed by atoms with van der Waals surface area (Å²) >= 11 is 7.43. The highest BCUT2D eigenvalue weighted by atomic mass is 35.5. The lowest BCUT2D eigenvalue weighted by Gasteiger charge is -2.25. The van der Waals surface area contributed by atoms with Gasteiger partial charge in [-0.15, -0.1) is 11.3 Å². The Balaban J connectivity index is 1.74. The van der Waals surface area contributed by atoms with Gasteiger partial charge >= 0.3 is 0 Å². The van der Waals surface area contributed by atoms with Gasteiger partial charge in [0.05, 0.1) is 11.6 Å². The van der Waals surface area contributed by atoms with Crippen LogP contribution in [0.5, 0.6) is 0 Å². The van der Waals surface area contributed by atoms with Crippen LogP contribution in [0.1, 0.15) is 27.9 Å². The fourth-order valence-corrected chi connectivity index (χ4v) is 4.52. The number of furan rings is 1. The van der Waals surface area contributed by atoms with Crippen LogP contribution in [0.25, 0.3) is 11.0 Å². The van der Waals surface area contributed by atoms with Crippen molar-refractivity contribution in [2.24, 2.45) is 0 Å². The predicted molar refractivity (Wildman–Crippen MR) is 110 cm³/mol. The number of ketones is 1. The van der Waals surface area contributed by atoms with Gasteiger partial charge in [0.1, 0.15) is 5.58 Å². The monoisotopic (exact) mass is 431 g/mol. The number of hydrogen-bond donors (Lipinski definition) is 1. The van der Waals surface area contributed by atoms with Crippen molar-refractivity contribution in [1.82, 2.24) is 4.90 Å². The maximum atomic E-state index is 13.3. The topological polar surface area (TPSA) is 80.0 Å². The first kappa shape index (κ1) is 19.7. The molecule has 0 bridgehead atoms. The Bertz CT molecular complexity index is 1100. The predicted octanol–water partition coefficient (Wildman–Crippen LogP) is 4.76. The number of carbonyl (C=O) groups is 2. The first-order valence-corrected chi connectivity index (χ1v) is 10.3. The highest BCUT2D eigenvalue weighted by Crippen LogP contribution is 2.41. The molecule has 3 heterocycles. The quantitative estimate of drug-likeness (QED) is 0.431. The third-order valence-electron chi connectivity index (χ3n) is 4.81. The van der Waals surface area contributed by atoms with Crippen LogP contribution in [0.2, 0.25) is 5.02 Å². The van der Waals surface area contributed by atoms with Crippen molar-refractivity contribution in [3.8, 4) is 0 Å². The molecule has 1 aromatic carbocycles. The number of ether oxygens (including phenoxy) is 1. The van der Waals surface area contributed by atoms with E-state index < -0.39 is 23.5 Å². The van der Waals surface area contributed by atoms with E-state index in [0.29, 0.717) is 35.6 Å². The molecule has 1 atom stereocenters. The summed E-state index contributed by atoms with van der Waals surface area (Å²) in [5.74, 6) is -1.57. The van der Waals surface area contributed by atoms with Gasteiger partial charge in [0.25, 0.3) is 5.91 Å². The van der Waals surface area contributed by atoms with Gasteiger partial charge in [-0.05, 0) is 42.1 Å². The zero-order valence-corrected chi connectivity index (χ0v) is 17.1. The molecule has 2 aromatic heterocycles. The molecule has 8 heteroatoms. The second-order valence-electron chi connectivity index (χ2n) is 6.65. The van der Waals surface area contributed by atoms with E-state index in [-0.39, 0.29) is 11.3 Å². The number of carbonyl (C=O) groups excluding carboxylic acids is 2. The van der Waals surface area contributed by atoms with Gasteiger partial charge < -0.3 is 19.2 Å². The van der Waals surface area contributed by atoms with Crippen molar-refractivity contribution in [1.29, 1.82) is 0 Å². The maximum absolute atomic E-state index is 13.3. The van der Waals surface area contributed by atoms with Crippen LogP contribution in [-0.2, 0) is 9.53 Å². The van der Waals surface area contributed by atoms with E-state index in [1.807, 2.05) is 17.5 Å². The molecule has 29 heavy (non-hydrogen) atoms. The highest BCUT2D eigenvalue weighted by Gasteiger charge is 2.44. The van der Waals surface area contributed by atoms with Crippen molar-refractivity contribution >= 4 is 45.6 Å². The molecule has 0 saturated heterocycles. The highest BCUT2D eigenvalue weighted by molar-refractivity contribution is 7.10. The molecule has 1 unspecified atom stereocenters. The number of halogens is 1. The van der Waals surface area contributed by atoms with E-state index in [1.54, 1.807) is 31.4 Å². The molecule has 0 radical (unpaired) electrons. The summed E-state index contributed by atoms with van der Waals surface area (Å²) in [6, 6.07) is 9.64. The lowest BCUT2D eigenvalue weighted by atomic mass is 10.00. The average Bonchev–Trinajstić information content (AvgIpc) is 3.42. The van der Waals surface area contributed by atoms with Crippen LogP contribution in [0.3, 0.4) is 0 Å². The van der Waals surface area contributed by atoms with E-state index >= 15 is 0 Å². The summed E-state index contributed by atoms with van der Waals surface area (Å²) in [5.41, 5.74) is 0.534. The van der Waals surface area contributed by atoms with Crippen molar-refractivity contribution in [3.05, 3.63) is 68.8 Å². The summed E-state index contributed by atoms with van der Waals surface area (Å²) in [6.07, 6.45) is 0.585. The second-order valence-corrected chi connectivity index (χ2v) is 8.06. The van der Waals surface area contributed by atoms with E-state index in [9.17, 15) is 14.7 Å². The minimum Gasteiger partial charge on any atom is -0.503 e. The van der Waals surface area contributed by atoms with E-state index in [1.165, 1.54) is 16.2 Å². The van der Waals surface area contributed by atoms with Gasteiger partial charge in [-0.3, -0.25) is 9.59 Å². The smallest absolute Gasteiger partial charge is 0.290 e. The number of nitrogens with zero attached hydrogens (tertiary/aromatic N) is 1. The number of aliphatic hydroxyl groups is 1. The minimum absolute atomic E-state index is 0.0278. The van der Waals surface area contributed by atoms with Gasteiger partial charge in [-0.2, -0.15) is 0 Å². The van der Waals surface area contributed by atoms with Crippen LogP contribution in [-0.4, -0.2) is 42.0 Å². The van der Waals surface area contributed by atoms with Gasteiger partial charge in [-0.25, -0.2) is 0 Å². The molecular formula is C21H18ClNO5S. The summed E-state index contributed by atoms with van der Waals surface area (Å²) < 4.78 is 10.8. The average molecular weight is 432 g/mol. The maximum Gasteiger partial charge on any atom is 0.290 e. The molecule has 0 fully saturated rings. The Morgan fingerprint density at radius 2 is 2.17 bits per heavy atom. The Morgan fingerprint density at radius 3 is 2.90 bits per heavy atom. The standard InChI is InChI=1S/C21H18ClNO5S/c1-27-8-3-7-23-18(16-4-2-9-29-16)17(20(25)21(23)26)19(24)15-11-12-10-13(22)5-6-14(12)28-15/h2,4-6,9-11,18,25H,3,7-8H2,1H3. The van der Waals surface area contributed by atoms with Crippen LogP contribution >= 0.6 is 22.9 Å².